The molecule has 1 aromatic carbocycles. The van der Waals surface area contributed by atoms with Crippen molar-refractivity contribution < 1.29 is 17.9 Å². The van der Waals surface area contributed by atoms with Crippen molar-refractivity contribution in [3.63, 3.8) is 0 Å². The first-order valence-electron chi connectivity index (χ1n) is 6.71. The maximum Gasteiger partial charge on any atom is 0.264 e. The van der Waals surface area contributed by atoms with Gasteiger partial charge in [0, 0.05) is 12.5 Å². The van der Waals surface area contributed by atoms with Gasteiger partial charge in [-0.25, -0.2) is 13.1 Å². The molecule has 20 heavy (non-hydrogen) atoms. The van der Waals surface area contributed by atoms with E-state index < -0.39 is 15.9 Å². The maximum atomic E-state index is 12.1. The molecule has 1 aliphatic carbocycles. The van der Waals surface area contributed by atoms with E-state index in [1.54, 1.807) is 12.1 Å². The quantitative estimate of drug-likeness (QED) is 0.903. The van der Waals surface area contributed by atoms with Crippen LogP contribution in [0.25, 0.3) is 0 Å². The number of carbonyl (C=O) groups excluding carboxylic acids is 1. The molecule has 1 amide bonds. The number of carbonyl (C=O) groups is 1. The van der Waals surface area contributed by atoms with Crippen molar-refractivity contribution in [2.24, 2.45) is 5.92 Å². The Morgan fingerprint density at radius 2 is 2.05 bits per heavy atom. The number of benzene rings is 1. The fraction of sp³-hybridized carbons (Fsp3) is 0.500. The summed E-state index contributed by atoms with van der Waals surface area (Å²) in [5, 5.41) is 0. The van der Waals surface area contributed by atoms with Crippen molar-refractivity contribution in [2.45, 2.75) is 37.0 Å². The van der Waals surface area contributed by atoms with Crippen LogP contribution in [0.2, 0.25) is 0 Å². The van der Waals surface area contributed by atoms with E-state index >= 15 is 0 Å². The SMILES string of the molecule is COc1cccc(S(=O)(=O)NC(=O)CC2CCCC2)c1. The van der Waals surface area contributed by atoms with Crippen LogP contribution in [-0.4, -0.2) is 21.4 Å². The second kappa shape index (κ2) is 6.26. The van der Waals surface area contributed by atoms with Crippen LogP contribution in [0.5, 0.6) is 5.75 Å². The van der Waals surface area contributed by atoms with Crippen LogP contribution in [0.4, 0.5) is 0 Å². The summed E-state index contributed by atoms with van der Waals surface area (Å²) >= 11 is 0. The second-order valence-corrected chi connectivity index (χ2v) is 6.74. The van der Waals surface area contributed by atoms with Crippen LogP contribution in [0.15, 0.2) is 29.2 Å². The van der Waals surface area contributed by atoms with Crippen molar-refractivity contribution in [3.8, 4) is 5.75 Å². The van der Waals surface area contributed by atoms with Gasteiger partial charge in [0.25, 0.3) is 10.0 Å². The highest BCUT2D eigenvalue weighted by molar-refractivity contribution is 7.90. The lowest BCUT2D eigenvalue weighted by Gasteiger charge is -2.10. The third-order valence-electron chi connectivity index (χ3n) is 3.55. The number of nitrogens with one attached hydrogen (secondary N) is 1. The molecule has 6 heteroatoms. The summed E-state index contributed by atoms with van der Waals surface area (Å²) in [6.07, 6.45) is 4.55. The summed E-state index contributed by atoms with van der Waals surface area (Å²) in [4.78, 5) is 11.9. The summed E-state index contributed by atoms with van der Waals surface area (Å²) in [7, 11) is -2.35. The summed E-state index contributed by atoms with van der Waals surface area (Å²) in [6, 6.07) is 6.06. The van der Waals surface area contributed by atoms with E-state index in [0.717, 1.165) is 25.7 Å². The number of rotatable bonds is 5. The zero-order valence-corrected chi connectivity index (χ0v) is 12.3. The summed E-state index contributed by atoms with van der Waals surface area (Å²) in [6.45, 7) is 0. The molecule has 0 bridgehead atoms. The predicted molar refractivity (Wildman–Crippen MR) is 74.9 cm³/mol. The summed E-state index contributed by atoms with van der Waals surface area (Å²) in [5.74, 6) is 0.325. The minimum atomic E-state index is -3.81. The Morgan fingerprint density at radius 3 is 2.70 bits per heavy atom. The number of sulfonamides is 1. The molecule has 0 aliphatic heterocycles. The van der Waals surface area contributed by atoms with E-state index in [0.29, 0.717) is 11.7 Å². The summed E-state index contributed by atoms with van der Waals surface area (Å²) < 4.78 is 31.3. The van der Waals surface area contributed by atoms with Gasteiger partial charge in [0.1, 0.15) is 5.75 Å². The van der Waals surface area contributed by atoms with Gasteiger partial charge < -0.3 is 4.74 Å². The van der Waals surface area contributed by atoms with Gasteiger partial charge in [0.05, 0.1) is 12.0 Å². The van der Waals surface area contributed by atoms with Gasteiger partial charge >= 0.3 is 0 Å². The second-order valence-electron chi connectivity index (χ2n) is 5.06. The molecule has 5 nitrogen and oxygen atoms in total. The molecule has 0 heterocycles. The van der Waals surface area contributed by atoms with Crippen LogP contribution >= 0.6 is 0 Å². The molecule has 0 unspecified atom stereocenters. The first-order valence-corrected chi connectivity index (χ1v) is 8.19. The van der Waals surface area contributed by atoms with Crippen molar-refractivity contribution in [2.75, 3.05) is 7.11 Å². The zero-order chi connectivity index (χ0) is 14.6. The van der Waals surface area contributed by atoms with E-state index in [2.05, 4.69) is 4.72 Å². The molecule has 1 fully saturated rings. The standard InChI is InChI=1S/C14H19NO4S/c1-19-12-7-4-8-13(10-12)20(17,18)15-14(16)9-11-5-2-3-6-11/h4,7-8,10-11H,2-3,5-6,9H2,1H3,(H,15,16). The highest BCUT2D eigenvalue weighted by Gasteiger charge is 2.22. The van der Waals surface area contributed by atoms with E-state index in [1.807, 2.05) is 0 Å². The van der Waals surface area contributed by atoms with Crippen LogP contribution in [-0.2, 0) is 14.8 Å². The van der Waals surface area contributed by atoms with Crippen molar-refractivity contribution in [3.05, 3.63) is 24.3 Å². The van der Waals surface area contributed by atoms with Gasteiger partial charge in [-0.15, -0.1) is 0 Å². The molecule has 0 atom stereocenters. The lowest BCUT2D eigenvalue weighted by Crippen LogP contribution is -2.31. The smallest absolute Gasteiger partial charge is 0.264 e. The Labute approximate surface area is 119 Å². The highest BCUT2D eigenvalue weighted by Crippen LogP contribution is 2.27. The van der Waals surface area contributed by atoms with E-state index in [9.17, 15) is 13.2 Å². The summed E-state index contributed by atoms with van der Waals surface area (Å²) in [5.41, 5.74) is 0. The molecule has 1 aromatic rings. The molecular weight excluding hydrogens is 278 g/mol. The van der Waals surface area contributed by atoms with Gasteiger partial charge in [-0.1, -0.05) is 18.9 Å². The number of hydrogen-bond donors (Lipinski definition) is 1. The average molecular weight is 297 g/mol. The molecule has 1 aliphatic rings. The molecule has 2 rings (SSSR count). The lowest BCUT2D eigenvalue weighted by molar-refractivity contribution is -0.120. The minimum Gasteiger partial charge on any atom is -0.497 e. The fourth-order valence-electron chi connectivity index (χ4n) is 2.50. The normalized spacial score (nSPS) is 16.1. The highest BCUT2D eigenvalue weighted by atomic mass is 32.2. The molecule has 0 aromatic heterocycles. The topological polar surface area (TPSA) is 72.5 Å². The van der Waals surface area contributed by atoms with Crippen LogP contribution in [0, 0.1) is 5.92 Å². The van der Waals surface area contributed by atoms with Crippen LogP contribution in [0.1, 0.15) is 32.1 Å². The van der Waals surface area contributed by atoms with Gasteiger partial charge in [-0.2, -0.15) is 0 Å². The third kappa shape index (κ3) is 3.72. The molecule has 1 saturated carbocycles. The van der Waals surface area contributed by atoms with E-state index in [-0.39, 0.29) is 11.3 Å². The average Bonchev–Trinajstić information content (AvgIpc) is 2.91. The number of methoxy groups -OCH3 is 1. The number of ether oxygens (including phenoxy) is 1. The molecule has 0 saturated heterocycles. The number of amides is 1. The van der Waals surface area contributed by atoms with Crippen molar-refractivity contribution in [1.29, 1.82) is 0 Å². The molecule has 0 radical (unpaired) electrons. The van der Waals surface area contributed by atoms with Gasteiger partial charge in [0.15, 0.2) is 0 Å². The van der Waals surface area contributed by atoms with Gasteiger partial charge in [-0.3, -0.25) is 4.79 Å². The van der Waals surface area contributed by atoms with Crippen LogP contribution < -0.4 is 9.46 Å². The molecule has 110 valence electrons. The molecular formula is C14H19NO4S. The van der Waals surface area contributed by atoms with E-state index in [4.69, 9.17) is 4.74 Å². The molecule has 1 N–H and O–H groups in total. The van der Waals surface area contributed by atoms with Crippen LogP contribution in [0.3, 0.4) is 0 Å². The van der Waals surface area contributed by atoms with Crippen molar-refractivity contribution in [1.82, 2.24) is 4.72 Å². The largest absolute Gasteiger partial charge is 0.497 e. The Hall–Kier alpha value is -1.56. The van der Waals surface area contributed by atoms with E-state index in [1.165, 1.54) is 19.2 Å². The lowest BCUT2D eigenvalue weighted by atomic mass is 10.0. The van der Waals surface area contributed by atoms with Gasteiger partial charge in [0.2, 0.25) is 5.91 Å². The maximum absolute atomic E-state index is 12.1. The zero-order valence-electron chi connectivity index (χ0n) is 11.5. The Morgan fingerprint density at radius 1 is 1.35 bits per heavy atom. The van der Waals surface area contributed by atoms with Gasteiger partial charge in [-0.05, 0) is 30.9 Å². The Bertz CT molecular complexity index is 577. The predicted octanol–water partition coefficient (Wildman–Crippen LogP) is 2.08. The minimum absolute atomic E-state index is 0.0385. The fourth-order valence-corrected chi connectivity index (χ4v) is 3.53. The number of hydrogen-bond acceptors (Lipinski definition) is 4. The van der Waals surface area contributed by atoms with Crippen molar-refractivity contribution >= 4 is 15.9 Å². The Kier molecular flexibility index (Phi) is 4.65. The first-order chi connectivity index (χ1) is 9.51. The molecule has 0 spiro atoms. The third-order valence-corrected chi connectivity index (χ3v) is 4.92. The first kappa shape index (κ1) is 14.8. The Balaban J connectivity index is 2.03. The monoisotopic (exact) mass is 297 g/mol.